The molecule has 0 aliphatic rings. The average Bonchev–Trinajstić information content (AvgIpc) is 2.82. The molecule has 0 aliphatic heterocycles. The normalized spacial score (nSPS) is 11.8. The van der Waals surface area contributed by atoms with Crippen LogP contribution in [0, 0.1) is 5.92 Å². The van der Waals surface area contributed by atoms with Crippen LogP contribution in [0.25, 0.3) is 0 Å². The highest BCUT2D eigenvalue weighted by atomic mass is 32.1. The standard InChI is InChI=1S/C11H17F3N4O2S/c1-7(2)6-18(4-5-20-3)10(19)15-9-17-16-8(21-9)11(12,13)14/h7H,4-6H2,1-3H3,(H,15,17,19). The minimum Gasteiger partial charge on any atom is -0.383 e. The summed E-state index contributed by atoms with van der Waals surface area (Å²) in [6, 6.07) is -0.523. The van der Waals surface area contributed by atoms with Gasteiger partial charge in [0.25, 0.3) is 0 Å². The van der Waals surface area contributed by atoms with Crippen molar-refractivity contribution in [3.63, 3.8) is 0 Å². The summed E-state index contributed by atoms with van der Waals surface area (Å²) in [5.41, 5.74) is 0. The van der Waals surface area contributed by atoms with Crippen LogP contribution in [0.4, 0.5) is 23.1 Å². The first kappa shape index (κ1) is 17.6. The Kier molecular flexibility index (Phi) is 6.34. The molecule has 0 fully saturated rings. The van der Waals surface area contributed by atoms with E-state index in [1.165, 1.54) is 12.0 Å². The van der Waals surface area contributed by atoms with Crippen molar-refractivity contribution in [2.45, 2.75) is 20.0 Å². The number of nitrogens with one attached hydrogen (secondary N) is 1. The highest BCUT2D eigenvalue weighted by Gasteiger charge is 2.36. The fourth-order valence-electron chi connectivity index (χ4n) is 1.48. The highest BCUT2D eigenvalue weighted by molar-refractivity contribution is 7.15. The monoisotopic (exact) mass is 326 g/mol. The topological polar surface area (TPSA) is 67.3 Å². The Labute approximate surface area is 124 Å². The van der Waals surface area contributed by atoms with Gasteiger partial charge in [-0.3, -0.25) is 5.32 Å². The molecular formula is C11H17F3N4O2S. The first-order valence-corrected chi connectivity index (χ1v) is 7.01. The number of ether oxygens (including phenoxy) is 1. The first-order chi connectivity index (χ1) is 9.74. The van der Waals surface area contributed by atoms with Gasteiger partial charge in [-0.2, -0.15) is 13.2 Å². The molecule has 10 heteroatoms. The molecule has 0 bridgehead atoms. The van der Waals surface area contributed by atoms with Crippen LogP contribution >= 0.6 is 11.3 Å². The number of amides is 2. The number of nitrogens with zero attached hydrogens (tertiary/aromatic N) is 3. The molecule has 0 aliphatic carbocycles. The lowest BCUT2D eigenvalue weighted by Gasteiger charge is -2.23. The van der Waals surface area contributed by atoms with Gasteiger partial charge in [0, 0.05) is 20.2 Å². The minimum absolute atomic E-state index is 0.182. The molecule has 2 amide bonds. The van der Waals surface area contributed by atoms with Gasteiger partial charge in [-0.15, -0.1) is 10.2 Å². The number of alkyl halides is 3. The van der Waals surface area contributed by atoms with Crippen LogP contribution in [0.15, 0.2) is 0 Å². The quantitative estimate of drug-likeness (QED) is 0.873. The Morgan fingerprint density at radius 3 is 2.57 bits per heavy atom. The molecule has 0 radical (unpaired) electrons. The maximum Gasteiger partial charge on any atom is 0.445 e. The molecule has 0 aromatic carbocycles. The first-order valence-electron chi connectivity index (χ1n) is 6.19. The predicted octanol–water partition coefficient (Wildman–Crippen LogP) is 2.69. The second-order valence-electron chi connectivity index (χ2n) is 4.67. The van der Waals surface area contributed by atoms with Crippen molar-refractivity contribution < 1.29 is 22.7 Å². The summed E-state index contributed by atoms with van der Waals surface area (Å²) >= 11 is 0.291. The van der Waals surface area contributed by atoms with Crippen molar-refractivity contribution >= 4 is 22.5 Å². The molecule has 1 N–H and O–H groups in total. The molecule has 1 aromatic heterocycles. The van der Waals surface area contributed by atoms with E-state index < -0.39 is 17.2 Å². The van der Waals surface area contributed by atoms with Crippen LogP contribution in [0.2, 0.25) is 0 Å². The van der Waals surface area contributed by atoms with Gasteiger partial charge >= 0.3 is 12.2 Å². The van der Waals surface area contributed by atoms with E-state index in [4.69, 9.17) is 4.74 Å². The van der Waals surface area contributed by atoms with Crippen molar-refractivity contribution in [2.24, 2.45) is 5.92 Å². The Morgan fingerprint density at radius 2 is 2.10 bits per heavy atom. The molecule has 120 valence electrons. The third-order valence-electron chi connectivity index (χ3n) is 2.32. The van der Waals surface area contributed by atoms with E-state index in [1.807, 2.05) is 13.8 Å². The smallest absolute Gasteiger partial charge is 0.383 e. The maximum atomic E-state index is 12.4. The van der Waals surface area contributed by atoms with Crippen LogP contribution in [-0.2, 0) is 10.9 Å². The number of hydrogen-bond donors (Lipinski definition) is 1. The van der Waals surface area contributed by atoms with Crippen molar-refractivity contribution in [1.82, 2.24) is 15.1 Å². The Morgan fingerprint density at radius 1 is 1.43 bits per heavy atom. The summed E-state index contributed by atoms with van der Waals surface area (Å²) < 4.78 is 42.1. The van der Waals surface area contributed by atoms with Gasteiger partial charge in [0.05, 0.1) is 6.61 Å². The number of hydrogen-bond acceptors (Lipinski definition) is 5. The summed E-state index contributed by atoms with van der Waals surface area (Å²) in [7, 11) is 1.51. The number of methoxy groups -OCH3 is 1. The molecule has 1 aromatic rings. The minimum atomic E-state index is -4.56. The summed E-state index contributed by atoms with van der Waals surface area (Å²) in [5, 5.41) is 7.38. The molecule has 1 heterocycles. The molecule has 6 nitrogen and oxygen atoms in total. The van der Waals surface area contributed by atoms with Crippen molar-refractivity contribution in [1.29, 1.82) is 0 Å². The number of rotatable bonds is 6. The maximum absolute atomic E-state index is 12.4. The van der Waals surface area contributed by atoms with E-state index in [9.17, 15) is 18.0 Å². The molecular weight excluding hydrogens is 309 g/mol. The molecule has 0 atom stereocenters. The van der Waals surface area contributed by atoms with Crippen molar-refractivity contribution in [2.75, 3.05) is 32.1 Å². The van der Waals surface area contributed by atoms with Gasteiger partial charge in [-0.1, -0.05) is 25.2 Å². The van der Waals surface area contributed by atoms with Gasteiger partial charge in [-0.25, -0.2) is 4.79 Å². The molecule has 0 spiro atoms. The fourth-order valence-corrected chi connectivity index (χ4v) is 2.08. The van der Waals surface area contributed by atoms with Gasteiger partial charge in [0.2, 0.25) is 10.1 Å². The lowest BCUT2D eigenvalue weighted by atomic mass is 10.2. The van der Waals surface area contributed by atoms with Crippen LogP contribution in [0.3, 0.4) is 0 Å². The van der Waals surface area contributed by atoms with Gasteiger partial charge in [0.15, 0.2) is 0 Å². The van der Waals surface area contributed by atoms with Crippen LogP contribution in [-0.4, -0.2) is 47.9 Å². The lowest BCUT2D eigenvalue weighted by molar-refractivity contribution is -0.138. The second kappa shape index (κ2) is 7.55. The van der Waals surface area contributed by atoms with E-state index in [0.717, 1.165) is 0 Å². The fraction of sp³-hybridized carbons (Fsp3) is 0.727. The van der Waals surface area contributed by atoms with Crippen LogP contribution in [0.5, 0.6) is 0 Å². The van der Waals surface area contributed by atoms with E-state index in [-0.39, 0.29) is 11.0 Å². The predicted molar refractivity (Wildman–Crippen MR) is 72.2 cm³/mol. The molecule has 21 heavy (non-hydrogen) atoms. The molecule has 0 unspecified atom stereocenters. The zero-order valence-corrected chi connectivity index (χ0v) is 12.7. The zero-order valence-electron chi connectivity index (χ0n) is 11.9. The van der Waals surface area contributed by atoms with E-state index >= 15 is 0 Å². The summed E-state index contributed by atoms with van der Waals surface area (Å²) in [6.07, 6.45) is -4.56. The summed E-state index contributed by atoms with van der Waals surface area (Å²) in [6.45, 7) is 5.00. The second-order valence-corrected chi connectivity index (χ2v) is 5.65. The van der Waals surface area contributed by atoms with E-state index in [2.05, 4.69) is 15.5 Å². The van der Waals surface area contributed by atoms with Gasteiger partial charge < -0.3 is 9.64 Å². The Balaban J connectivity index is 2.69. The summed E-state index contributed by atoms with van der Waals surface area (Å²) in [4.78, 5) is 13.5. The molecule has 1 rings (SSSR count). The third-order valence-corrected chi connectivity index (χ3v) is 3.20. The highest BCUT2D eigenvalue weighted by Crippen LogP contribution is 2.33. The van der Waals surface area contributed by atoms with Crippen LogP contribution < -0.4 is 5.32 Å². The van der Waals surface area contributed by atoms with Gasteiger partial charge in [-0.05, 0) is 5.92 Å². The van der Waals surface area contributed by atoms with Crippen molar-refractivity contribution in [3.8, 4) is 0 Å². The number of carbonyl (C=O) groups excluding carboxylic acids is 1. The lowest BCUT2D eigenvalue weighted by Crippen LogP contribution is -2.39. The van der Waals surface area contributed by atoms with E-state index in [1.54, 1.807) is 0 Å². The average molecular weight is 326 g/mol. The number of halogens is 3. The largest absolute Gasteiger partial charge is 0.445 e. The number of aromatic nitrogens is 2. The number of carbonyl (C=O) groups is 1. The number of anilines is 1. The van der Waals surface area contributed by atoms with Crippen LogP contribution in [0.1, 0.15) is 18.9 Å². The van der Waals surface area contributed by atoms with E-state index in [0.29, 0.717) is 31.0 Å². The summed E-state index contributed by atoms with van der Waals surface area (Å²) in [5.74, 6) is 0.216. The molecule has 0 saturated carbocycles. The Bertz CT molecular complexity index is 465. The third kappa shape index (κ3) is 5.84. The zero-order chi connectivity index (χ0) is 16.0. The van der Waals surface area contributed by atoms with Gasteiger partial charge in [0.1, 0.15) is 0 Å². The SMILES string of the molecule is COCCN(CC(C)C)C(=O)Nc1nnc(C(F)(F)F)s1. The number of urea groups is 1. The van der Waals surface area contributed by atoms with Crippen molar-refractivity contribution in [3.05, 3.63) is 5.01 Å². The Hall–Kier alpha value is -1.42. The molecule has 0 saturated heterocycles.